The zero-order valence-corrected chi connectivity index (χ0v) is 18.0. The summed E-state index contributed by atoms with van der Waals surface area (Å²) >= 11 is 11.9. The van der Waals surface area contributed by atoms with Crippen LogP contribution in [0.25, 0.3) is 0 Å². The third kappa shape index (κ3) is 6.07. The number of carboxylic acid groups (broad SMARTS) is 2. The van der Waals surface area contributed by atoms with Crippen molar-refractivity contribution in [2.24, 2.45) is 5.92 Å². The molecule has 164 valence electrons. The lowest BCUT2D eigenvalue weighted by Crippen LogP contribution is -2.53. The first-order chi connectivity index (χ1) is 14.0. The number of urea groups is 1. The monoisotopic (exact) mass is 459 g/mol. The zero-order chi connectivity index (χ0) is 22.6. The highest BCUT2D eigenvalue weighted by atomic mass is 35.5. The van der Waals surface area contributed by atoms with Gasteiger partial charge in [0.05, 0.1) is 0 Å². The van der Waals surface area contributed by atoms with Crippen molar-refractivity contribution in [3.8, 4) is 0 Å². The summed E-state index contributed by atoms with van der Waals surface area (Å²) in [6.07, 6.45) is 0.269. The predicted octanol–water partition coefficient (Wildman–Crippen LogP) is 2.30. The summed E-state index contributed by atoms with van der Waals surface area (Å²) in [5.74, 6) is -3.17. The fraction of sp³-hybridized carbons (Fsp3) is 0.474. The van der Waals surface area contributed by atoms with Crippen molar-refractivity contribution in [3.05, 3.63) is 33.8 Å². The van der Waals surface area contributed by atoms with Crippen LogP contribution in [0.3, 0.4) is 0 Å². The van der Waals surface area contributed by atoms with Crippen molar-refractivity contribution in [2.45, 2.75) is 38.9 Å². The standard InChI is InChI=1S/C19H23Cl2N3O6/c1-10(2)3-14(17(26)27)22-7-15(18(28)29)24-16(25)9-23(19(24)30)8-11-4-12(20)6-13(21)5-11/h4-6,10,14-15,22H,3,7-9H2,1-2H3,(H,26,27)(H,28,29). The van der Waals surface area contributed by atoms with E-state index in [-0.39, 0.29) is 32.0 Å². The van der Waals surface area contributed by atoms with Crippen LogP contribution in [0.2, 0.25) is 10.0 Å². The van der Waals surface area contributed by atoms with Crippen molar-refractivity contribution in [2.75, 3.05) is 13.1 Å². The van der Waals surface area contributed by atoms with E-state index in [1.54, 1.807) is 12.1 Å². The van der Waals surface area contributed by atoms with Crippen LogP contribution in [0.5, 0.6) is 0 Å². The third-order valence-electron chi connectivity index (χ3n) is 4.53. The smallest absolute Gasteiger partial charge is 0.328 e. The Morgan fingerprint density at radius 2 is 1.70 bits per heavy atom. The van der Waals surface area contributed by atoms with Crippen LogP contribution in [-0.4, -0.2) is 69.1 Å². The number of benzene rings is 1. The van der Waals surface area contributed by atoms with E-state index in [1.165, 1.54) is 11.0 Å². The van der Waals surface area contributed by atoms with Crippen molar-refractivity contribution < 1.29 is 29.4 Å². The molecule has 11 heteroatoms. The molecule has 2 atom stereocenters. The summed E-state index contributed by atoms with van der Waals surface area (Å²) < 4.78 is 0. The highest BCUT2D eigenvalue weighted by Gasteiger charge is 2.43. The molecule has 1 aliphatic rings. The molecule has 1 heterocycles. The summed E-state index contributed by atoms with van der Waals surface area (Å²) in [5.41, 5.74) is 0.586. The molecule has 3 amide bonds. The van der Waals surface area contributed by atoms with Crippen LogP contribution in [0.15, 0.2) is 18.2 Å². The van der Waals surface area contributed by atoms with Crippen molar-refractivity contribution >= 4 is 47.1 Å². The van der Waals surface area contributed by atoms with E-state index in [0.717, 1.165) is 0 Å². The molecule has 0 radical (unpaired) electrons. The van der Waals surface area contributed by atoms with Gasteiger partial charge in [0.1, 0.15) is 12.6 Å². The third-order valence-corrected chi connectivity index (χ3v) is 4.96. The maximum absolute atomic E-state index is 12.7. The number of hydrogen-bond donors (Lipinski definition) is 3. The Labute approximate surface area is 183 Å². The lowest BCUT2D eigenvalue weighted by atomic mass is 10.0. The van der Waals surface area contributed by atoms with Crippen molar-refractivity contribution in [1.82, 2.24) is 15.1 Å². The van der Waals surface area contributed by atoms with Gasteiger partial charge in [-0.15, -0.1) is 0 Å². The van der Waals surface area contributed by atoms with Gasteiger partial charge in [-0.25, -0.2) is 14.5 Å². The number of carboxylic acids is 2. The van der Waals surface area contributed by atoms with E-state index >= 15 is 0 Å². The van der Waals surface area contributed by atoms with Crippen molar-refractivity contribution in [3.63, 3.8) is 0 Å². The maximum atomic E-state index is 12.7. The molecule has 0 saturated carbocycles. The second-order valence-electron chi connectivity index (χ2n) is 7.46. The van der Waals surface area contributed by atoms with Crippen LogP contribution in [0.4, 0.5) is 4.79 Å². The van der Waals surface area contributed by atoms with Gasteiger partial charge in [-0.1, -0.05) is 37.0 Å². The molecule has 1 fully saturated rings. The Kier molecular flexibility index (Phi) is 8.05. The molecule has 1 aliphatic heterocycles. The number of rotatable bonds is 10. The van der Waals surface area contributed by atoms with Gasteiger partial charge in [-0.3, -0.25) is 9.59 Å². The summed E-state index contributed by atoms with van der Waals surface area (Å²) in [7, 11) is 0. The number of carbonyl (C=O) groups excluding carboxylic acids is 2. The molecular formula is C19H23Cl2N3O6. The SMILES string of the molecule is CC(C)CC(NCC(C(=O)O)N1C(=O)CN(Cc2cc(Cl)cc(Cl)c2)C1=O)C(=O)O. The van der Waals surface area contributed by atoms with E-state index in [2.05, 4.69) is 5.32 Å². The van der Waals surface area contributed by atoms with E-state index in [0.29, 0.717) is 20.5 Å². The Morgan fingerprint density at radius 3 is 2.20 bits per heavy atom. The molecule has 0 spiro atoms. The fourth-order valence-corrected chi connectivity index (χ4v) is 3.78. The van der Waals surface area contributed by atoms with Gasteiger partial charge in [-0.05, 0) is 36.1 Å². The molecule has 0 aliphatic carbocycles. The first-order valence-electron chi connectivity index (χ1n) is 9.24. The molecule has 9 nitrogen and oxygen atoms in total. The van der Waals surface area contributed by atoms with Gasteiger partial charge >= 0.3 is 18.0 Å². The minimum Gasteiger partial charge on any atom is -0.480 e. The summed E-state index contributed by atoms with van der Waals surface area (Å²) in [4.78, 5) is 50.1. The molecule has 1 aromatic rings. The second-order valence-corrected chi connectivity index (χ2v) is 8.34. The quantitative estimate of drug-likeness (QED) is 0.457. The van der Waals surface area contributed by atoms with Crippen LogP contribution >= 0.6 is 23.2 Å². The average molecular weight is 460 g/mol. The number of nitrogens with zero attached hydrogens (tertiary/aromatic N) is 2. The average Bonchev–Trinajstić information content (AvgIpc) is 2.86. The molecule has 2 unspecified atom stereocenters. The molecule has 1 saturated heterocycles. The first-order valence-corrected chi connectivity index (χ1v) is 10.00. The van der Waals surface area contributed by atoms with Crippen LogP contribution in [0.1, 0.15) is 25.8 Å². The summed E-state index contributed by atoms with van der Waals surface area (Å²) in [5, 5.41) is 22.3. The molecule has 1 aromatic carbocycles. The minimum absolute atomic E-state index is 0.0201. The first kappa shape index (κ1) is 23.9. The van der Waals surface area contributed by atoms with Gasteiger partial charge < -0.3 is 20.4 Å². The van der Waals surface area contributed by atoms with Gasteiger partial charge in [-0.2, -0.15) is 0 Å². The van der Waals surface area contributed by atoms with E-state index in [4.69, 9.17) is 23.2 Å². The predicted molar refractivity (Wildman–Crippen MR) is 109 cm³/mol. The van der Waals surface area contributed by atoms with Crippen LogP contribution in [0, 0.1) is 5.92 Å². The number of aliphatic carboxylic acids is 2. The highest BCUT2D eigenvalue weighted by Crippen LogP contribution is 2.23. The number of amides is 3. The highest BCUT2D eigenvalue weighted by molar-refractivity contribution is 6.34. The van der Waals surface area contributed by atoms with Crippen LogP contribution < -0.4 is 5.32 Å². The molecule has 0 aromatic heterocycles. The zero-order valence-electron chi connectivity index (χ0n) is 16.5. The van der Waals surface area contributed by atoms with Crippen LogP contribution in [-0.2, 0) is 20.9 Å². The molecule has 0 bridgehead atoms. The van der Waals surface area contributed by atoms with Crippen molar-refractivity contribution in [1.29, 1.82) is 0 Å². The topological polar surface area (TPSA) is 127 Å². The van der Waals surface area contributed by atoms with Gasteiger partial charge in [0, 0.05) is 23.1 Å². The normalized spacial score (nSPS) is 16.3. The number of hydrogen-bond acceptors (Lipinski definition) is 5. The Morgan fingerprint density at radius 1 is 1.10 bits per heavy atom. The molecule has 3 N–H and O–H groups in total. The minimum atomic E-state index is -1.54. The number of imide groups is 1. The van der Waals surface area contributed by atoms with E-state index in [9.17, 15) is 29.4 Å². The summed E-state index contributed by atoms with van der Waals surface area (Å²) in [6.45, 7) is 3.00. The largest absolute Gasteiger partial charge is 0.480 e. The van der Waals surface area contributed by atoms with Gasteiger partial charge in [0.2, 0.25) is 0 Å². The number of nitrogens with one attached hydrogen (secondary N) is 1. The fourth-order valence-electron chi connectivity index (χ4n) is 3.21. The maximum Gasteiger partial charge on any atom is 0.328 e. The Balaban J connectivity index is 2.14. The number of carbonyl (C=O) groups is 4. The van der Waals surface area contributed by atoms with E-state index in [1.807, 2.05) is 13.8 Å². The lowest BCUT2D eigenvalue weighted by molar-refractivity contribution is -0.146. The molecule has 30 heavy (non-hydrogen) atoms. The second kappa shape index (κ2) is 10.1. The summed E-state index contributed by atoms with van der Waals surface area (Å²) in [6, 6.07) is 1.40. The molecular weight excluding hydrogens is 437 g/mol. The van der Waals surface area contributed by atoms with Gasteiger partial charge in [0.25, 0.3) is 5.91 Å². The Bertz CT molecular complexity index is 827. The van der Waals surface area contributed by atoms with E-state index < -0.39 is 36.0 Å². The Hall–Kier alpha value is -2.36. The molecule has 2 rings (SSSR count). The lowest BCUT2D eigenvalue weighted by Gasteiger charge is -2.25. The number of halogens is 2. The van der Waals surface area contributed by atoms with Gasteiger partial charge in [0.15, 0.2) is 6.04 Å².